The van der Waals surface area contributed by atoms with E-state index < -0.39 is 0 Å². The van der Waals surface area contributed by atoms with Crippen molar-refractivity contribution in [3.05, 3.63) is 23.0 Å². The molecule has 0 aliphatic carbocycles. The molecule has 102 valence electrons. The Labute approximate surface area is 116 Å². The van der Waals surface area contributed by atoms with Crippen LogP contribution in [0.4, 0.5) is 5.69 Å². The van der Waals surface area contributed by atoms with Crippen molar-refractivity contribution < 1.29 is 0 Å². The van der Waals surface area contributed by atoms with E-state index >= 15 is 0 Å². The highest BCUT2D eigenvalue weighted by Gasteiger charge is 2.29. The summed E-state index contributed by atoms with van der Waals surface area (Å²) in [7, 11) is 0. The molecule has 2 heterocycles. The Bertz CT molecular complexity index is 505. The van der Waals surface area contributed by atoms with Crippen molar-refractivity contribution in [1.29, 1.82) is 5.26 Å². The normalized spacial score (nSPS) is 18.2. The molecule has 1 aromatic heterocycles. The largest absolute Gasteiger partial charge is 0.370 e. The van der Waals surface area contributed by atoms with E-state index in [0.29, 0.717) is 5.41 Å². The Kier molecular flexibility index (Phi) is 3.80. The zero-order valence-electron chi connectivity index (χ0n) is 12.5. The third kappa shape index (κ3) is 2.73. The van der Waals surface area contributed by atoms with E-state index in [1.165, 1.54) is 19.3 Å². The lowest BCUT2D eigenvalue weighted by Gasteiger charge is -2.40. The minimum Gasteiger partial charge on any atom is -0.370 e. The third-order valence-electron chi connectivity index (χ3n) is 4.58. The van der Waals surface area contributed by atoms with Gasteiger partial charge in [-0.05, 0) is 38.2 Å². The molecule has 19 heavy (non-hydrogen) atoms. The van der Waals surface area contributed by atoms with Gasteiger partial charge >= 0.3 is 0 Å². The van der Waals surface area contributed by atoms with E-state index in [4.69, 9.17) is 0 Å². The van der Waals surface area contributed by atoms with Gasteiger partial charge in [-0.1, -0.05) is 20.3 Å². The molecule has 0 bridgehead atoms. The van der Waals surface area contributed by atoms with Gasteiger partial charge in [0.15, 0.2) is 0 Å². The zero-order chi connectivity index (χ0) is 14.0. The minimum absolute atomic E-state index is 0.473. The summed E-state index contributed by atoms with van der Waals surface area (Å²) in [5.74, 6) is 0. The second kappa shape index (κ2) is 5.21. The smallest absolute Gasteiger partial charge is 0.103 e. The van der Waals surface area contributed by atoms with Crippen LogP contribution in [0.25, 0.3) is 0 Å². The molecule has 3 heteroatoms. The van der Waals surface area contributed by atoms with Crippen molar-refractivity contribution in [2.24, 2.45) is 5.41 Å². The maximum absolute atomic E-state index is 9.35. The molecule has 0 amide bonds. The zero-order valence-corrected chi connectivity index (χ0v) is 12.5. The summed E-state index contributed by atoms with van der Waals surface area (Å²) in [4.78, 5) is 6.75. The van der Waals surface area contributed by atoms with Gasteiger partial charge in [0, 0.05) is 18.8 Å². The number of piperidine rings is 1. The number of pyridine rings is 1. The fourth-order valence-electron chi connectivity index (χ4n) is 2.84. The Balaban J connectivity index is 2.27. The second-order valence-electron chi connectivity index (χ2n) is 6.01. The van der Waals surface area contributed by atoms with Gasteiger partial charge in [-0.25, -0.2) is 0 Å². The predicted molar refractivity (Wildman–Crippen MR) is 78.3 cm³/mol. The summed E-state index contributed by atoms with van der Waals surface area (Å²) in [5.41, 5.74) is 4.13. The van der Waals surface area contributed by atoms with E-state index in [9.17, 15) is 5.26 Å². The highest BCUT2D eigenvalue weighted by molar-refractivity contribution is 5.61. The van der Waals surface area contributed by atoms with E-state index in [-0.39, 0.29) is 0 Å². The van der Waals surface area contributed by atoms with Gasteiger partial charge in [0.05, 0.1) is 16.9 Å². The molecule has 1 aromatic rings. The number of nitriles is 1. The van der Waals surface area contributed by atoms with Gasteiger partial charge in [-0.15, -0.1) is 0 Å². The van der Waals surface area contributed by atoms with Crippen LogP contribution in [0.3, 0.4) is 0 Å². The molecule has 1 aliphatic heterocycles. The van der Waals surface area contributed by atoms with Gasteiger partial charge in [0.2, 0.25) is 0 Å². The van der Waals surface area contributed by atoms with Crippen LogP contribution in [0.15, 0.2) is 6.07 Å². The molecule has 1 aliphatic rings. The molecule has 1 saturated heterocycles. The first-order valence-corrected chi connectivity index (χ1v) is 7.12. The van der Waals surface area contributed by atoms with Crippen LogP contribution in [0.1, 0.15) is 50.1 Å². The lowest BCUT2D eigenvalue weighted by Crippen LogP contribution is -2.39. The first kappa shape index (κ1) is 13.9. The monoisotopic (exact) mass is 257 g/mol. The first-order chi connectivity index (χ1) is 8.99. The van der Waals surface area contributed by atoms with Crippen LogP contribution in [0.5, 0.6) is 0 Å². The summed E-state index contributed by atoms with van der Waals surface area (Å²) >= 11 is 0. The predicted octanol–water partition coefficient (Wildman–Crippen LogP) is 3.59. The average Bonchev–Trinajstić information content (AvgIpc) is 2.39. The summed E-state index contributed by atoms with van der Waals surface area (Å²) in [5, 5.41) is 9.35. The van der Waals surface area contributed by atoms with Crippen molar-refractivity contribution in [3.63, 3.8) is 0 Å². The molecule has 0 radical (unpaired) electrons. The number of rotatable bonds is 2. The molecule has 3 nitrogen and oxygen atoms in total. The molecular weight excluding hydrogens is 234 g/mol. The Morgan fingerprint density at radius 2 is 2.00 bits per heavy atom. The number of aromatic nitrogens is 1. The van der Waals surface area contributed by atoms with Crippen molar-refractivity contribution in [3.8, 4) is 6.07 Å². The quantitative estimate of drug-likeness (QED) is 0.813. The molecule has 0 aromatic carbocycles. The van der Waals surface area contributed by atoms with E-state index in [0.717, 1.165) is 35.7 Å². The summed E-state index contributed by atoms with van der Waals surface area (Å²) in [6.45, 7) is 10.7. The lowest BCUT2D eigenvalue weighted by molar-refractivity contribution is 0.238. The molecule has 0 unspecified atom stereocenters. The van der Waals surface area contributed by atoms with E-state index in [1.807, 2.05) is 13.8 Å². The van der Waals surface area contributed by atoms with Gasteiger partial charge < -0.3 is 4.90 Å². The van der Waals surface area contributed by atoms with Crippen molar-refractivity contribution in [1.82, 2.24) is 4.98 Å². The van der Waals surface area contributed by atoms with E-state index in [2.05, 4.69) is 35.9 Å². The van der Waals surface area contributed by atoms with Crippen LogP contribution < -0.4 is 4.90 Å². The van der Waals surface area contributed by atoms with Gasteiger partial charge in [-0.3, -0.25) is 4.98 Å². The summed E-state index contributed by atoms with van der Waals surface area (Å²) in [6, 6.07) is 4.37. The minimum atomic E-state index is 0.473. The number of hydrogen-bond donors (Lipinski definition) is 0. The summed E-state index contributed by atoms with van der Waals surface area (Å²) in [6.07, 6.45) is 3.64. The number of hydrogen-bond acceptors (Lipinski definition) is 3. The summed E-state index contributed by atoms with van der Waals surface area (Å²) < 4.78 is 0. The molecule has 2 rings (SSSR count). The molecule has 0 saturated carbocycles. The number of anilines is 1. The maximum Gasteiger partial charge on any atom is 0.103 e. The van der Waals surface area contributed by atoms with Gasteiger partial charge in [0.25, 0.3) is 0 Å². The molecule has 0 atom stereocenters. The highest BCUT2D eigenvalue weighted by Crippen LogP contribution is 2.36. The van der Waals surface area contributed by atoms with Crippen LogP contribution in [0.2, 0.25) is 0 Å². The van der Waals surface area contributed by atoms with Crippen LogP contribution in [-0.4, -0.2) is 18.1 Å². The second-order valence-corrected chi connectivity index (χ2v) is 6.01. The van der Waals surface area contributed by atoms with Gasteiger partial charge in [0.1, 0.15) is 6.07 Å². The maximum atomic E-state index is 9.35. The lowest BCUT2D eigenvalue weighted by atomic mass is 9.78. The molecular formula is C16H23N3. The molecule has 1 fully saturated rings. The molecule has 0 spiro atoms. The fraction of sp³-hybridized carbons (Fsp3) is 0.625. The van der Waals surface area contributed by atoms with Gasteiger partial charge in [-0.2, -0.15) is 5.26 Å². The first-order valence-electron chi connectivity index (χ1n) is 7.12. The Morgan fingerprint density at radius 3 is 2.53 bits per heavy atom. The van der Waals surface area contributed by atoms with Crippen molar-refractivity contribution in [2.45, 2.75) is 47.0 Å². The average molecular weight is 257 g/mol. The Hall–Kier alpha value is -1.56. The standard InChI is InChI=1S/C16H23N3/c1-5-16(4)6-8-19(9-7-16)15-10-12(2)18-13(3)14(15)11-17/h10H,5-9H2,1-4H3. The van der Waals surface area contributed by atoms with E-state index in [1.54, 1.807) is 0 Å². The highest BCUT2D eigenvalue weighted by atomic mass is 15.1. The van der Waals surface area contributed by atoms with Crippen molar-refractivity contribution in [2.75, 3.05) is 18.0 Å². The topological polar surface area (TPSA) is 39.9 Å². The number of nitrogens with zero attached hydrogens (tertiary/aromatic N) is 3. The van der Waals surface area contributed by atoms with Crippen molar-refractivity contribution >= 4 is 5.69 Å². The molecule has 0 N–H and O–H groups in total. The Morgan fingerprint density at radius 1 is 1.37 bits per heavy atom. The number of aryl methyl sites for hydroxylation is 2. The van der Waals surface area contributed by atoms with Crippen LogP contribution >= 0.6 is 0 Å². The SMILES string of the molecule is CCC1(C)CCN(c2cc(C)nc(C)c2C#N)CC1. The van der Waals surface area contributed by atoms with Crippen LogP contribution in [0, 0.1) is 30.6 Å². The van der Waals surface area contributed by atoms with Crippen LogP contribution in [-0.2, 0) is 0 Å². The fourth-order valence-corrected chi connectivity index (χ4v) is 2.84. The third-order valence-corrected chi connectivity index (χ3v) is 4.58.